The zero-order chi connectivity index (χ0) is 11.8. The summed E-state index contributed by atoms with van der Waals surface area (Å²) in [4.78, 5) is 0. The van der Waals surface area contributed by atoms with Crippen molar-refractivity contribution in [3.05, 3.63) is 0 Å². The minimum atomic E-state index is 0.297. The van der Waals surface area contributed by atoms with Crippen LogP contribution in [0.25, 0.3) is 0 Å². The van der Waals surface area contributed by atoms with Crippen LogP contribution in [-0.2, 0) is 4.74 Å². The minimum absolute atomic E-state index is 0.297. The van der Waals surface area contributed by atoms with Crippen molar-refractivity contribution < 1.29 is 4.74 Å². The topological polar surface area (TPSA) is 9.23 Å². The second kappa shape index (κ2) is 4.68. The molecule has 1 nitrogen and oxygen atoms in total. The Balaban J connectivity index is 2.03. The van der Waals surface area contributed by atoms with Gasteiger partial charge < -0.3 is 4.74 Å². The van der Waals surface area contributed by atoms with Gasteiger partial charge in [0.2, 0.25) is 0 Å². The van der Waals surface area contributed by atoms with Crippen LogP contribution in [0.3, 0.4) is 0 Å². The average Bonchev–Trinajstić information content (AvgIpc) is 2.15. The Morgan fingerprint density at radius 1 is 1.00 bits per heavy atom. The van der Waals surface area contributed by atoms with Crippen LogP contribution in [-0.4, -0.2) is 13.2 Å². The molecule has 0 aliphatic heterocycles. The van der Waals surface area contributed by atoms with Crippen molar-refractivity contribution in [3.63, 3.8) is 0 Å². The average molecular weight is 224 g/mol. The van der Waals surface area contributed by atoms with Crippen molar-refractivity contribution in [2.75, 3.05) is 7.11 Å². The molecule has 2 bridgehead atoms. The van der Waals surface area contributed by atoms with Gasteiger partial charge in [-0.3, -0.25) is 0 Å². The van der Waals surface area contributed by atoms with Crippen LogP contribution in [0.1, 0.15) is 59.3 Å². The molecular formula is C15H28O. The van der Waals surface area contributed by atoms with Crippen molar-refractivity contribution >= 4 is 0 Å². The highest BCUT2D eigenvalue weighted by Gasteiger charge is 2.39. The fourth-order valence-corrected chi connectivity index (χ4v) is 4.28. The van der Waals surface area contributed by atoms with Crippen molar-refractivity contribution in [1.29, 1.82) is 0 Å². The summed E-state index contributed by atoms with van der Waals surface area (Å²) in [6.45, 7) is 6.97. The minimum Gasteiger partial charge on any atom is -0.381 e. The lowest BCUT2D eigenvalue weighted by Crippen LogP contribution is -2.41. The van der Waals surface area contributed by atoms with E-state index in [9.17, 15) is 0 Å². The molecule has 0 aromatic carbocycles. The van der Waals surface area contributed by atoms with E-state index in [1.807, 2.05) is 7.11 Å². The van der Waals surface area contributed by atoms with Crippen molar-refractivity contribution in [1.82, 2.24) is 0 Å². The van der Waals surface area contributed by atoms with E-state index in [4.69, 9.17) is 4.74 Å². The predicted molar refractivity (Wildman–Crippen MR) is 68.4 cm³/mol. The maximum Gasteiger partial charge on any atom is 0.0647 e. The Bertz CT molecular complexity index is 216. The third kappa shape index (κ3) is 2.61. The lowest BCUT2D eigenvalue weighted by molar-refractivity contribution is -0.0576. The van der Waals surface area contributed by atoms with Crippen LogP contribution in [0.5, 0.6) is 0 Å². The number of fused-ring (bicyclic) bond motifs is 2. The molecule has 94 valence electrons. The molecule has 0 radical (unpaired) electrons. The van der Waals surface area contributed by atoms with Crippen LogP contribution in [0.4, 0.5) is 0 Å². The Morgan fingerprint density at radius 3 is 2.00 bits per heavy atom. The fraction of sp³-hybridized carbons (Fsp3) is 1.00. The van der Waals surface area contributed by atoms with Gasteiger partial charge in [0.15, 0.2) is 0 Å². The van der Waals surface area contributed by atoms with Crippen LogP contribution < -0.4 is 0 Å². The van der Waals surface area contributed by atoms with Gasteiger partial charge in [0.1, 0.15) is 0 Å². The van der Waals surface area contributed by atoms with Gasteiger partial charge in [-0.2, -0.15) is 0 Å². The monoisotopic (exact) mass is 224 g/mol. The zero-order valence-electron chi connectivity index (χ0n) is 11.5. The van der Waals surface area contributed by atoms with Crippen molar-refractivity contribution in [2.45, 2.75) is 65.4 Å². The Morgan fingerprint density at radius 2 is 1.56 bits per heavy atom. The van der Waals surface area contributed by atoms with E-state index >= 15 is 0 Å². The summed E-state index contributed by atoms with van der Waals surface area (Å²) >= 11 is 0. The molecule has 1 heteroatoms. The van der Waals surface area contributed by atoms with Crippen LogP contribution >= 0.6 is 0 Å². The van der Waals surface area contributed by atoms with E-state index in [2.05, 4.69) is 20.8 Å². The molecule has 0 N–H and O–H groups in total. The summed E-state index contributed by atoms with van der Waals surface area (Å²) in [7, 11) is 1.90. The highest BCUT2D eigenvalue weighted by molar-refractivity contribution is 4.90. The normalized spacial score (nSPS) is 37.1. The lowest BCUT2D eigenvalue weighted by Gasteiger charge is -2.45. The Hall–Kier alpha value is -0.0400. The first-order valence-electron chi connectivity index (χ1n) is 7.03. The van der Waals surface area contributed by atoms with Crippen LogP contribution in [0.2, 0.25) is 0 Å². The maximum atomic E-state index is 5.82. The van der Waals surface area contributed by atoms with Gasteiger partial charge in [0.25, 0.3) is 0 Å². The lowest BCUT2D eigenvalue weighted by atomic mass is 9.64. The Kier molecular flexibility index (Phi) is 3.63. The van der Waals surface area contributed by atoms with Gasteiger partial charge >= 0.3 is 0 Å². The molecular weight excluding hydrogens is 196 g/mol. The third-order valence-corrected chi connectivity index (χ3v) is 4.70. The summed E-state index contributed by atoms with van der Waals surface area (Å²) in [5.41, 5.74) is 0.297. The smallest absolute Gasteiger partial charge is 0.0647 e. The number of rotatable bonds is 2. The molecule has 2 aliphatic rings. The van der Waals surface area contributed by atoms with Gasteiger partial charge in [-0.1, -0.05) is 40.0 Å². The van der Waals surface area contributed by atoms with E-state index in [1.165, 1.54) is 38.5 Å². The summed E-state index contributed by atoms with van der Waals surface area (Å²) in [6, 6.07) is 0. The molecule has 3 unspecified atom stereocenters. The molecule has 0 amide bonds. The zero-order valence-corrected chi connectivity index (χ0v) is 11.5. The van der Waals surface area contributed by atoms with E-state index in [0.717, 1.165) is 17.8 Å². The summed E-state index contributed by atoms with van der Waals surface area (Å²) < 4.78 is 5.82. The summed E-state index contributed by atoms with van der Waals surface area (Å²) in [5, 5.41) is 0. The number of hydrogen-bond acceptors (Lipinski definition) is 1. The van der Waals surface area contributed by atoms with Gasteiger partial charge in [0, 0.05) is 7.11 Å². The van der Waals surface area contributed by atoms with Gasteiger partial charge in [0.05, 0.1) is 6.10 Å². The quantitative estimate of drug-likeness (QED) is 0.681. The number of ether oxygens (including phenoxy) is 1. The molecule has 3 atom stereocenters. The largest absolute Gasteiger partial charge is 0.381 e. The van der Waals surface area contributed by atoms with Crippen molar-refractivity contribution in [3.8, 4) is 0 Å². The third-order valence-electron chi connectivity index (χ3n) is 4.70. The highest BCUT2D eigenvalue weighted by Crippen LogP contribution is 2.46. The fourth-order valence-electron chi connectivity index (χ4n) is 4.28. The summed E-state index contributed by atoms with van der Waals surface area (Å²) in [5.74, 6) is 2.84. The van der Waals surface area contributed by atoms with Crippen LogP contribution in [0.15, 0.2) is 0 Å². The van der Waals surface area contributed by atoms with E-state index in [1.54, 1.807) is 0 Å². The molecule has 0 spiro atoms. The maximum absolute atomic E-state index is 5.82. The summed E-state index contributed by atoms with van der Waals surface area (Å²) in [6.07, 6.45) is 9.25. The second-order valence-corrected chi connectivity index (χ2v) is 7.15. The second-order valence-electron chi connectivity index (χ2n) is 7.15. The first kappa shape index (κ1) is 12.4. The van der Waals surface area contributed by atoms with E-state index < -0.39 is 0 Å². The predicted octanol–water partition coefficient (Wildman–Crippen LogP) is 4.26. The molecule has 2 saturated carbocycles. The van der Waals surface area contributed by atoms with Gasteiger partial charge in [-0.05, 0) is 42.4 Å². The molecule has 0 saturated heterocycles. The van der Waals surface area contributed by atoms with Crippen molar-refractivity contribution in [2.24, 2.45) is 23.2 Å². The number of methoxy groups -OCH3 is 1. The first-order valence-corrected chi connectivity index (χ1v) is 7.03. The van der Waals surface area contributed by atoms with Crippen LogP contribution in [0, 0.1) is 23.2 Å². The molecule has 2 fully saturated rings. The molecule has 0 aromatic rings. The number of hydrogen-bond donors (Lipinski definition) is 0. The van der Waals surface area contributed by atoms with Gasteiger partial charge in [-0.25, -0.2) is 0 Å². The van der Waals surface area contributed by atoms with E-state index in [-0.39, 0.29) is 0 Å². The molecule has 16 heavy (non-hydrogen) atoms. The molecule has 2 rings (SSSR count). The SMILES string of the molecule is COC(C1CC2CCCC(C2)C1)C(C)(C)C. The Labute approximate surface area is 101 Å². The highest BCUT2D eigenvalue weighted by atomic mass is 16.5. The van der Waals surface area contributed by atoms with E-state index in [0.29, 0.717) is 11.5 Å². The molecule has 0 aromatic heterocycles. The first-order chi connectivity index (χ1) is 7.50. The molecule has 0 heterocycles. The van der Waals surface area contributed by atoms with Gasteiger partial charge in [-0.15, -0.1) is 0 Å². The molecule has 2 aliphatic carbocycles. The standard InChI is InChI=1S/C15H28O/c1-15(2,3)14(16-4)13-9-11-6-5-7-12(8-11)10-13/h11-14H,5-10H2,1-4H3.